The Kier molecular flexibility index (Phi) is 10.6. The Morgan fingerprint density at radius 2 is 0.695 bits per heavy atom. The Bertz CT molecular complexity index is 3000. The summed E-state index contributed by atoms with van der Waals surface area (Å²) in [4.78, 5) is 20.3. The summed E-state index contributed by atoms with van der Waals surface area (Å²) in [5.74, 6) is 1.76. The quantitative estimate of drug-likeness (QED) is 0.142. The van der Waals surface area contributed by atoms with Crippen molar-refractivity contribution >= 4 is 10.8 Å². The molecule has 0 N–H and O–H groups in total. The van der Waals surface area contributed by atoms with Gasteiger partial charge in [0.15, 0.2) is 11.6 Å². The number of hydrogen-bond donors (Lipinski definition) is 0. The standard InChI is InChI=1S/C54H35N4.Ir/c1-4-15-37(16-5-1)40-23-12-26-44(29-40)52-56-53(58-54(57-52)46-28-14-25-43(31-46)51-35-42-21-10-11-22-47(42)36-55-51)45-27-13-24-41(30-45)50-33-48(38-17-6-2-7-18-38)32-49(34-50)39-19-8-3-9-20-39;/h1-24,26-36H;/q-1;. The molecule has 59 heavy (non-hydrogen) atoms. The van der Waals surface area contributed by atoms with E-state index in [2.05, 4.69) is 182 Å². The summed E-state index contributed by atoms with van der Waals surface area (Å²) < 4.78 is 0. The zero-order valence-corrected chi connectivity index (χ0v) is 34.2. The molecule has 0 saturated heterocycles. The van der Waals surface area contributed by atoms with E-state index in [0.29, 0.717) is 17.5 Å². The van der Waals surface area contributed by atoms with Gasteiger partial charge < -0.3 is 4.98 Å². The number of fused-ring (bicyclic) bond motifs is 1. The first-order valence-electron chi connectivity index (χ1n) is 19.4. The number of aromatic nitrogens is 4. The van der Waals surface area contributed by atoms with E-state index in [1.165, 1.54) is 11.1 Å². The van der Waals surface area contributed by atoms with Crippen LogP contribution in [0.1, 0.15) is 0 Å². The van der Waals surface area contributed by atoms with E-state index in [9.17, 15) is 0 Å². The molecular formula is C54H35IrN4-. The monoisotopic (exact) mass is 932 g/mol. The maximum Gasteiger partial charge on any atom is 0.164 e. The summed E-state index contributed by atoms with van der Waals surface area (Å²) in [5, 5.41) is 2.22. The molecule has 0 unspecified atom stereocenters. The van der Waals surface area contributed by atoms with Crippen LogP contribution in [0.4, 0.5) is 0 Å². The molecule has 0 bridgehead atoms. The van der Waals surface area contributed by atoms with Gasteiger partial charge >= 0.3 is 0 Å². The van der Waals surface area contributed by atoms with Crippen LogP contribution < -0.4 is 0 Å². The molecule has 0 aliphatic heterocycles. The van der Waals surface area contributed by atoms with E-state index >= 15 is 0 Å². The van der Waals surface area contributed by atoms with Gasteiger partial charge in [-0.2, -0.15) is 0 Å². The Balaban J connectivity index is 0.00000449. The molecule has 1 radical (unpaired) electrons. The third-order valence-electron chi connectivity index (χ3n) is 10.4. The first-order valence-corrected chi connectivity index (χ1v) is 19.4. The van der Waals surface area contributed by atoms with Gasteiger partial charge in [-0.3, -0.25) is 0 Å². The molecule has 0 amide bonds. The minimum Gasteiger partial charge on any atom is -0.304 e. The van der Waals surface area contributed by atoms with Crippen LogP contribution in [0.15, 0.2) is 212 Å². The van der Waals surface area contributed by atoms with Crippen LogP contribution in [0.5, 0.6) is 0 Å². The molecule has 5 heteroatoms. The summed E-state index contributed by atoms with van der Waals surface area (Å²) in [6.07, 6.45) is 1.91. The van der Waals surface area contributed by atoms with Gasteiger partial charge in [-0.25, -0.2) is 15.0 Å². The SMILES string of the molecule is [Ir].[c-]1ccc(-c2nc(-c3cccc(-c4ccccc4)c3)nc(-c3cccc(-c4cc(-c5ccccc5)cc(-c5ccccc5)c4)c3)n2)cc1-c1cc2ccccc2cn1. The molecular weight excluding hydrogens is 897 g/mol. The van der Waals surface area contributed by atoms with Crippen molar-refractivity contribution in [2.45, 2.75) is 0 Å². The van der Waals surface area contributed by atoms with Crippen LogP contribution in [-0.4, -0.2) is 19.9 Å². The fourth-order valence-corrected chi connectivity index (χ4v) is 7.44. The van der Waals surface area contributed by atoms with Crippen LogP contribution in [0.2, 0.25) is 0 Å². The van der Waals surface area contributed by atoms with Gasteiger partial charge in [0.2, 0.25) is 0 Å². The largest absolute Gasteiger partial charge is 0.304 e. The van der Waals surface area contributed by atoms with E-state index in [1.54, 1.807) is 0 Å². The predicted octanol–water partition coefficient (Wildman–Crippen LogP) is 13.6. The van der Waals surface area contributed by atoms with Crippen LogP contribution in [0, 0.1) is 6.07 Å². The van der Waals surface area contributed by atoms with Crippen LogP contribution in [0.3, 0.4) is 0 Å². The van der Waals surface area contributed by atoms with Crippen molar-refractivity contribution in [1.82, 2.24) is 19.9 Å². The zero-order valence-electron chi connectivity index (χ0n) is 31.8. The van der Waals surface area contributed by atoms with Gasteiger partial charge in [-0.1, -0.05) is 163 Å². The second-order valence-corrected chi connectivity index (χ2v) is 14.3. The van der Waals surface area contributed by atoms with Crippen LogP contribution in [-0.2, 0) is 20.1 Å². The van der Waals surface area contributed by atoms with Gasteiger partial charge in [0.25, 0.3) is 0 Å². The molecule has 0 aliphatic carbocycles. The fraction of sp³-hybridized carbons (Fsp3) is 0. The number of nitrogens with zero attached hydrogens (tertiary/aromatic N) is 4. The number of rotatable bonds is 8. The van der Waals surface area contributed by atoms with E-state index in [-0.39, 0.29) is 20.1 Å². The van der Waals surface area contributed by atoms with Crippen LogP contribution in [0.25, 0.3) is 101 Å². The Labute approximate surface area is 357 Å². The molecule has 10 aromatic rings. The zero-order chi connectivity index (χ0) is 38.7. The molecule has 2 heterocycles. The van der Waals surface area contributed by atoms with Gasteiger partial charge in [0.05, 0.1) is 0 Å². The maximum atomic E-state index is 5.17. The summed E-state index contributed by atoms with van der Waals surface area (Å²) in [7, 11) is 0. The Morgan fingerprint density at radius 3 is 1.24 bits per heavy atom. The Hall–Kier alpha value is -7.17. The summed E-state index contributed by atoms with van der Waals surface area (Å²) in [5.41, 5.74) is 13.4. The van der Waals surface area contributed by atoms with Crippen molar-refractivity contribution in [3.05, 3.63) is 219 Å². The third kappa shape index (κ3) is 8.03. The van der Waals surface area contributed by atoms with Crippen molar-refractivity contribution in [3.63, 3.8) is 0 Å². The predicted molar refractivity (Wildman–Crippen MR) is 237 cm³/mol. The van der Waals surface area contributed by atoms with Crippen molar-refractivity contribution in [2.24, 2.45) is 0 Å². The molecule has 8 aromatic carbocycles. The normalized spacial score (nSPS) is 10.9. The summed E-state index contributed by atoms with van der Waals surface area (Å²) >= 11 is 0. The second-order valence-electron chi connectivity index (χ2n) is 14.3. The number of benzene rings is 8. The molecule has 2 aromatic heterocycles. The molecule has 4 nitrogen and oxygen atoms in total. The first kappa shape index (κ1) is 37.4. The molecule has 0 atom stereocenters. The second kappa shape index (κ2) is 16.7. The first-order chi connectivity index (χ1) is 28.7. The minimum atomic E-state index is 0. The van der Waals surface area contributed by atoms with Crippen molar-refractivity contribution in [3.8, 4) is 89.9 Å². The molecule has 281 valence electrons. The number of pyridine rings is 1. The fourth-order valence-electron chi connectivity index (χ4n) is 7.44. The van der Waals surface area contributed by atoms with Gasteiger partial charge in [0.1, 0.15) is 5.82 Å². The Morgan fingerprint density at radius 1 is 0.305 bits per heavy atom. The number of hydrogen-bond acceptors (Lipinski definition) is 4. The average molecular weight is 932 g/mol. The van der Waals surface area contributed by atoms with E-state index in [4.69, 9.17) is 19.9 Å². The maximum absolute atomic E-state index is 5.17. The van der Waals surface area contributed by atoms with Gasteiger partial charge in [-0.05, 0) is 91.3 Å². The average Bonchev–Trinajstić information content (AvgIpc) is 3.32. The molecule has 0 spiro atoms. The third-order valence-corrected chi connectivity index (χ3v) is 10.4. The van der Waals surface area contributed by atoms with Gasteiger partial charge in [0, 0.05) is 37.4 Å². The minimum absolute atomic E-state index is 0. The summed E-state index contributed by atoms with van der Waals surface area (Å²) in [6.45, 7) is 0. The molecule has 0 fully saturated rings. The summed E-state index contributed by atoms with van der Waals surface area (Å²) in [6, 6.07) is 74.9. The van der Waals surface area contributed by atoms with Crippen LogP contribution >= 0.6 is 0 Å². The van der Waals surface area contributed by atoms with E-state index < -0.39 is 0 Å². The molecule has 0 saturated carbocycles. The van der Waals surface area contributed by atoms with Crippen molar-refractivity contribution in [2.75, 3.05) is 0 Å². The van der Waals surface area contributed by atoms with E-state index in [0.717, 1.165) is 72.1 Å². The van der Waals surface area contributed by atoms with Crippen molar-refractivity contribution < 1.29 is 20.1 Å². The smallest absolute Gasteiger partial charge is 0.164 e. The van der Waals surface area contributed by atoms with Crippen molar-refractivity contribution in [1.29, 1.82) is 0 Å². The van der Waals surface area contributed by atoms with Gasteiger partial charge in [-0.15, -0.1) is 29.8 Å². The van der Waals surface area contributed by atoms with E-state index in [1.807, 2.05) is 36.5 Å². The topological polar surface area (TPSA) is 51.6 Å². The molecule has 10 rings (SSSR count). The molecule has 0 aliphatic rings.